The summed E-state index contributed by atoms with van der Waals surface area (Å²) in [5.74, 6) is 0.281. The van der Waals surface area contributed by atoms with E-state index in [0.717, 1.165) is 27.6 Å². The molecular weight excluding hydrogens is 350 g/mol. The fourth-order valence-corrected chi connectivity index (χ4v) is 3.53. The van der Waals surface area contributed by atoms with Crippen molar-refractivity contribution in [3.63, 3.8) is 0 Å². The lowest BCUT2D eigenvalue weighted by Gasteiger charge is -2.13. The number of hydrogen-bond acceptors (Lipinski definition) is 4. The second kappa shape index (κ2) is 7.31. The van der Waals surface area contributed by atoms with Crippen molar-refractivity contribution in [2.45, 2.75) is 27.4 Å². The molecule has 0 bridgehead atoms. The molecule has 0 fully saturated rings. The number of hydrogen-bond donors (Lipinski definition) is 0. The molecule has 0 aliphatic carbocycles. The van der Waals surface area contributed by atoms with Crippen LogP contribution in [0.5, 0.6) is 5.75 Å². The van der Waals surface area contributed by atoms with Crippen molar-refractivity contribution < 1.29 is 14.4 Å². The molecule has 0 unspecified atom stereocenters. The average molecular weight is 371 g/mol. The molecule has 0 radical (unpaired) electrons. The molecule has 1 heterocycles. The standard InChI is InChI=1S/C24H21NO3/c1-15-10-16(2)12-18(11-15)14-27-23-9-8-19-6-4-5-7-20(19)22(23)13-21-17(3)25-28-24(21)26/h4-13H,14H2,1-3H3/b21-13+. The SMILES string of the molecule is CC1=NOC(=O)/C1=C/c1c(OCc2cc(C)cc(C)c2)ccc2ccccc12. The molecule has 1 aliphatic rings. The number of carbonyl (C=O) groups is 1. The highest BCUT2D eigenvalue weighted by atomic mass is 16.7. The molecule has 3 aromatic carbocycles. The van der Waals surface area contributed by atoms with Crippen LogP contribution in [0.2, 0.25) is 0 Å². The first-order valence-corrected chi connectivity index (χ1v) is 9.21. The summed E-state index contributed by atoms with van der Waals surface area (Å²) in [6.45, 7) is 6.37. The monoisotopic (exact) mass is 371 g/mol. The van der Waals surface area contributed by atoms with E-state index in [0.29, 0.717) is 17.9 Å². The molecule has 0 saturated heterocycles. The molecule has 0 saturated carbocycles. The molecular formula is C24H21NO3. The zero-order chi connectivity index (χ0) is 19.7. The van der Waals surface area contributed by atoms with Crippen LogP contribution in [0.25, 0.3) is 16.8 Å². The first-order chi connectivity index (χ1) is 13.5. The van der Waals surface area contributed by atoms with Gasteiger partial charge in [0.2, 0.25) is 0 Å². The summed E-state index contributed by atoms with van der Waals surface area (Å²) in [6.07, 6.45) is 1.81. The van der Waals surface area contributed by atoms with Gasteiger partial charge in [-0.25, -0.2) is 4.79 Å². The van der Waals surface area contributed by atoms with Crippen molar-refractivity contribution in [1.29, 1.82) is 0 Å². The lowest BCUT2D eigenvalue weighted by atomic mass is 10.00. The van der Waals surface area contributed by atoms with Gasteiger partial charge in [0.15, 0.2) is 0 Å². The fraction of sp³-hybridized carbons (Fsp3) is 0.167. The van der Waals surface area contributed by atoms with E-state index in [4.69, 9.17) is 9.57 Å². The Balaban J connectivity index is 1.76. The number of ether oxygens (including phenoxy) is 1. The van der Waals surface area contributed by atoms with E-state index >= 15 is 0 Å². The Morgan fingerprint density at radius 1 is 1.00 bits per heavy atom. The van der Waals surface area contributed by atoms with Gasteiger partial charge in [0.1, 0.15) is 12.4 Å². The Hall–Kier alpha value is -3.40. The van der Waals surface area contributed by atoms with Gasteiger partial charge in [-0.05, 0) is 49.2 Å². The normalized spacial score (nSPS) is 15.0. The molecule has 0 atom stereocenters. The molecule has 4 rings (SSSR count). The van der Waals surface area contributed by atoms with Crippen molar-refractivity contribution in [1.82, 2.24) is 0 Å². The number of nitrogens with zero attached hydrogens (tertiary/aromatic N) is 1. The van der Waals surface area contributed by atoms with Crippen molar-refractivity contribution >= 4 is 28.5 Å². The largest absolute Gasteiger partial charge is 0.488 e. The van der Waals surface area contributed by atoms with Crippen LogP contribution in [0.1, 0.15) is 29.2 Å². The minimum absolute atomic E-state index is 0.439. The fourth-order valence-electron chi connectivity index (χ4n) is 3.53. The average Bonchev–Trinajstić information content (AvgIpc) is 2.98. The van der Waals surface area contributed by atoms with Crippen LogP contribution < -0.4 is 4.74 Å². The van der Waals surface area contributed by atoms with Crippen LogP contribution in [-0.4, -0.2) is 11.7 Å². The molecule has 3 aromatic rings. The Kier molecular flexibility index (Phi) is 4.70. The predicted octanol–water partition coefficient (Wildman–Crippen LogP) is 5.35. The van der Waals surface area contributed by atoms with Gasteiger partial charge in [-0.2, -0.15) is 0 Å². The van der Waals surface area contributed by atoms with E-state index < -0.39 is 5.97 Å². The zero-order valence-corrected chi connectivity index (χ0v) is 16.2. The second-order valence-corrected chi connectivity index (χ2v) is 7.10. The molecule has 0 amide bonds. The van der Waals surface area contributed by atoms with Gasteiger partial charge < -0.3 is 9.57 Å². The van der Waals surface area contributed by atoms with Crippen molar-refractivity contribution in [2.75, 3.05) is 0 Å². The summed E-state index contributed by atoms with van der Waals surface area (Å²) in [5.41, 5.74) is 5.40. The van der Waals surface area contributed by atoms with Crippen LogP contribution in [0.4, 0.5) is 0 Å². The van der Waals surface area contributed by atoms with Crippen LogP contribution in [0.15, 0.2) is 65.3 Å². The third-order valence-corrected chi connectivity index (χ3v) is 4.77. The van der Waals surface area contributed by atoms with Gasteiger partial charge in [0, 0.05) is 5.56 Å². The van der Waals surface area contributed by atoms with Gasteiger partial charge >= 0.3 is 5.97 Å². The minimum Gasteiger partial charge on any atom is -0.488 e. The Morgan fingerprint density at radius 2 is 1.75 bits per heavy atom. The maximum atomic E-state index is 12.0. The third kappa shape index (κ3) is 3.54. The quantitative estimate of drug-likeness (QED) is 0.459. The maximum absolute atomic E-state index is 12.0. The van der Waals surface area contributed by atoms with Crippen LogP contribution in [0.3, 0.4) is 0 Å². The van der Waals surface area contributed by atoms with Gasteiger partial charge in [-0.1, -0.05) is 64.8 Å². The van der Waals surface area contributed by atoms with Crippen molar-refractivity contribution in [2.24, 2.45) is 5.16 Å². The highest BCUT2D eigenvalue weighted by molar-refractivity contribution is 6.25. The first kappa shape index (κ1) is 18.0. The maximum Gasteiger partial charge on any atom is 0.367 e. The van der Waals surface area contributed by atoms with E-state index in [9.17, 15) is 4.79 Å². The van der Waals surface area contributed by atoms with E-state index in [1.165, 1.54) is 11.1 Å². The number of rotatable bonds is 4. The van der Waals surface area contributed by atoms with Crippen molar-refractivity contribution in [3.05, 3.63) is 82.4 Å². The van der Waals surface area contributed by atoms with Crippen molar-refractivity contribution in [3.8, 4) is 5.75 Å². The molecule has 28 heavy (non-hydrogen) atoms. The number of aryl methyl sites for hydroxylation is 2. The third-order valence-electron chi connectivity index (χ3n) is 4.77. The van der Waals surface area contributed by atoms with Gasteiger partial charge in [0.25, 0.3) is 0 Å². The lowest BCUT2D eigenvalue weighted by Crippen LogP contribution is -2.03. The number of oxime groups is 1. The lowest BCUT2D eigenvalue weighted by molar-refractivity contribution is -0.136. The van der Waals surface area contributed by atoms with Crippen LogP contribution >= 0.6 is 0 Å². The number of fused-ring (bicyclic) bond motifs is 1. The van der Waals surface area contributed by atoms with Gasteiger partial charge in [-0.3, -0.25) is 0 Å². The highest BCUT2D eigenvalue weighted by Crippen LogP contribution is 2.32. The van der Waals surface area contributed by atoms with Gasteiger partial charge in [0.05, 0.1) is 11.3 Å². The molecule has 0 spiro atoms. The highest BCUT2D eigenvalue weighted by Gasteiger charge is 2.23. The first-order valence-electron chi connectivity index (χ1n) is 9.21. The molecule has 140 valence electrons. The van der Waals surface area contributed by atoms with Crippen LogP contribution in [0, 0.1) is 13.8 Å². The summed E-state index contributed by atoms with van der Waals surface area (Å²) in [4.78, 5) is 16.8. The Bertz CT molecular complexity index is 1120. The topological polar surface area (TPSA) is 47.9 Å². The van der Waals surface area contributed by atoms with Crippen LogP contribution in [-0.2, 0) is 16.2 Å². The second-order valence-electron chi connectivity index (χ2n) is 7.10. The summed E-state index contributed by atoms with van der Waals surface area (Å²) < 4.78 is 6.19. The Labute approximate surface area is 164 Å². The number of carbonyl (C=O) groups excluding carboxylic acids is 1. The molecule has 0 aromatic heterocycles. The molecule has 1 aliphatic heterocycles. The summed E-state index contributed by atoms with van der Waals surface area (Å²) >= 11 is 0. The van der Waals surface area contributed by atoms with E-state index in [1.54, 1.807) is 6.92 Å². The van der Waals surface area contributed by atoms with E-state index in [1.807, 2.05) is 42.5 Å². The Morgan fingerprint density at radius 3 is 2.46 bits per heavy atom. The zero-order valence-electron chi connectivity index (χ0n) is 16.2. The van der Waals surface area contributed by atoms with E-state index in [2.05, 4.69) is 37.2 Å². The predicted molar refractivity (Wildman–Crippen MR) is 111 cm³/mol. The summed E-state index contributed by atoms with van der Waals surface area (Å²) in [7, 11) is 0. The molecule has 4 nitrogen and oxygen atoms in total. The smallest absolute Gasteiger partial charge is 0.367 e. The van der Waals surface area contributed by atoms with Gasteiger partial charge in [-0.15, -0.1) is 0 Å². The molecule has 4 heteroatoms. The van der Waals surface area contributed by atoms with E-state index in [-0.39, 0.29) is 0 Å². The summed E-state index contributed by atoms with van der Waals surface area (Å²) in [5, 5.41) is 5.87. The minimum atomic E-state index is -0.439. The summed E-state index contributed by atoms with van der Waals surface area (Å²) in [6, 6.07) is 18.4. The number of benzene rings is 3. The molecule has 0 N–H and O–H groups in total.